The quantitative estimate of drug-likeness (QED) is 0.511. The van der Waals surface area contributed by atoms with Crippen LogP contribution in [-0.2, 0) is 10.2 Å². The van der Waals surface area contributed by atoms with Crippen LogP contribution in [0.3, 0.4) is 0 Å². The molecule has 2 aromatic carbocycles. The Morgan fingerprint density at radius 2 is 1.85 bits per heavy atom. The smallest absolute Gasteiger partial charge is 0.272 e. The van der Waals surface area contributed by atoms with Crippen molar-refractivity contribution >= 4 is 11.5 Å². The minimum atomic E-state index is -1.21. The minimum absolute atomic E-state index is 0.0182. The van der Waals surface area contributed by atoms with Crippen molar-refractivity contribution in [1.82, 2.24) is 4.90 Å². The Labute approximate surface area is 159 Å². The zero-order valence-electron chi connectivity index (χ0n) is 16.1. The van der Waals surface area contributed by atoms with Gasteiger partial charge in [0.05, 0.1) is 16.4 Å². The Balaban J connectivity index is 2.78. The molecule has 0 fully saturated rings. The van der Waals surface area contributed by atoms with E-state index in [1.165, 1.54) is 12.1 Å². The number of halogens is 1. The Kier molecular flexibility index (Phi) is 6.44. The van der Waals surface area contributed by atoms with Crippen molar-refractivity contribution < 1.29 is 14.1 Å². The summed E-state index contributed by atoms with van der Waals surface area (Å²) < 4.78 is 15.1. The van der Waals surface area contributed by atoms with E-state index in [1.54, 1.807) is 6.92 Å². The molecule has 6 heteroatoms. The molecule has 0 spiro atoms. The molecular weight excluding hydrogens is 347 g/mol. The highest BCUT2D eigenvalue weighted by Gasteiger charge is 2.44. The fourth-order valence-corrected chi connectivity index (χ4v) is 3.42. The van der Waals surface area contributed by atoms with E-state index in [-0.39, 0.29) is 29.5 Å². The molecule has 0 aliphatic heterocycles. The summed E-state index contributed by atoms with van der Waals surface area (Å²) in [6.07, 6.45) is 0.594. The lowest BCUT2D eigenvalue weighted by Crippen LogP contribution is -2.43. The highest BCUT2D eigenvalue weighted by molar-refractivity contribution is 5.94. The second-order valence-corrected chi connectivity index (χ2v) is 6.99. The number of non-ortho nitro benzene ring substituents is 1. The maximum Gasteiger partial charge on any atom is 0.272 e. The summed E-state index contributed by atoms with van der Waals surface area (Å²) in [4.78, 5) is 25.6. The first kappa shape index (κ1) is 20.7. The third-order valence-corrected chi connectivity index (χ3v) is 5.17. The van der Waals surface area contributed by atoms with Gasteiger partial charge in [-0.2, -0.15) is 0 Å². The monoisotopic (exact) mass is 372 g/mol. The molecule has 0 heterocycles. The molecule has 0 bridgehead atoms. The van der Waals surface area contributed by atoms with Gasteiger partial charge >= 0.3 is 0 Å². The van der Waals surface area contributed by atoms with Gasteiger partial charge in [-0.3, -0.25) is 14.9 Å². The first-order valence-corrected chi connectivity index (χ1v) is 8.93. The molecular formula is C21H25FN2O3. The fourth-order valence-electron chi connectivity index (χ4n) is 3.42. The third kappa shape index (κ3) is 4.06. The van der Waals surface area contributed by atoms with Gasteiger partial charge in [0.25, 0.3) is 5.69 Å². The number of ketones is 1. The van der Waals surface area contributed by atoms with Gasteiger partial charge in [0.15, 0.2) is 0 Å². The average molecular weight is 372 g/mol. The molecule has 0 saturated heterocycles. The number of nitro groups is 1. The van der Waals surface area contributed by atoms with Crippen LogP contribution in [0.1, 0.15) is 37.8 Å². The standard InChI is InChI=1S/C21H25FN2O3/c1-5-20(25)21(14-15(2)23(3)4,16-9-7-6-8-10-16)18-12-11-17(24(26)27)13-19(18)22/h6-13,15H,5,14H2,1-4H3/t15-,21+/m0/s1. The van der Waals surface area contributed by atoms with E-state index in [0.29, 0.717) is 12.0 Å². The molecule has 2 rings (SSSR count). The number of nitrogens with zero attached hydrogens (tertiary/aromatic N) is 2. The number of hydrogen-bond donors (Lipinski definition) is 0. The molecule has 144 valence electrons. The fraction of sp³-hybridized carbons (Fsp3) is 0.381. The number of benzene rings is 2. The van der Waals surface area contributed by atoms with Crippen molar-refractivity contribution in [2.24, 2.45) is 0 Å². The summed E-state index contributed by atoms with van der Waals surface area (Å²) in [5, 5.41) is 11.0. The maximum atomic E-state index is 15.1. The normalized spacial score (nSPS) is 14.6. The predicted octanol–water partition coefficient (Wildman–Crippen LogP) is 4.34. The average Bonchev–Trinajstić information content (AvgIpc) is 2.66. The lowest BCUT2D eigenvalue weighted by molar-refractivity contribution is -0.385. The van der Waals surface area contributed by atoms with Crippen molar-refractivity contribution in [3.63, 3.8) is 0 Å². The topological polar surface area (TPSA) is 63.5 Å². The molecule has 0 amide bonds. The summed E-state index contributed by atoms with van der Waals surface area (Å²) in [5.74, 6) is -0.851. The zero-order chi connectivity index (χ0) is 20.2. The van der Waals surface area contributed by atoms with Crippen LogP contribution < -0.4 is 0 Å². The molecule has 2 atom stereocenters. The van der Waals surface area contributed by atoms with Crippen molar-refractivity contribution in [2.75, 3.05) is 14.1 Å². The Morgan fingerprint density at radius 3 is 2.33 bits per heavy atom. The van der Waals surface area contributed by atoms with Crippen LogP contribution in [0.2, 0.25) is 0 Å². The molecule has 0 aliphatic rings. The molecule has 0 radical (unpaired) electrons. The Hall–Kier alpha value is -2.60. The molecule has 27 heavy (non-hydrogen) atoms. The number of carbonyl (C=O) groups is 1. The highest BCUT2D eigenvalue weighted by atomic mass is 19.1. The number of carbonyl (C=O) groups excluding carboxylic acids is 1. The van der Waals surface area contributed by atoms with E-state index >= 15 is 4.39 Å². The van der Waals surface area contributed by atoms with E-state index in [9.17, 15) is 14.9 Å². The molecule has 0 saturated carbocycles. The zero-order valence-corrected chi connectivity index (χ0v) is 16.1. The molecule has 0 N–H and O–H groups in total. The molecule has 2 aromatic rings. The van der Waals surface area contributed by atoms with Gasteiger partial charge < -0.3 is 4.90 Å². The van der Waals surface area contributed by atoms with E-state index < -0.39 is 16.2 Å². The summed E-state index contributed by atoms with van der Waals surface area (Å²) in [5.41, 5.74) is -0.667. The summed E-state index contributed by atoms with van der Waals surface area (Å²) in [6, 6.07) is 12.6. The van der Waals surface area contributed by atoms with Crippen LogP contribution in [0, 0.1) is 15.9 Å². The van der Waals surface area contributed by atoms with Crippen LogP contribution in [0.15, 0.2) is 48.5 Å². The van der Waals surface area contributed by atoms with Crippen LogP contribution in [0.25, 0.3) is 0 Å². The van der Waals surface area contributed by atoms with E-state index in [0.717, 1.165) is 6.07 Å². The van der Waals surface area contributed by atoms with Crippen LogP contribution >= 0.6 is 0 Å². The molecule has 0 unspecified atom stereocenters. The van der Waals surface area contributed by atoms with E-state index in [2.05, 4.69) is 0 Å². The second-order valence-electron chi connectivity index (χ2n) is 6.99. The lowest BCUT2D eigenvalue weighted by atomic mass is 9.66. The van der Waals surface area contributed by atoms with Crippen molar-refractivity contribution in [1.29, 1.82) is 0 Å². The van der Waals surface area contributed by atoms with Gasteiger partial charge in [-0.15, -0.1) is 0 Å². The van der Waals surface area contributed by atoms with Crippen LogP contribution in [0.5, 0.6) is 0 Å². The van der Waals surface area contributed by atoms with Gasteiger partial charge in [-0.05, 0) is 39.1 Å². The maximum absolute atomic E-state index is 15.1. The SMILES string of the molecule is CCC(=O)[C@](C[C@H](C)N(C)C)(c1ccccc1)c1ccc([N+](=O)[O-])cc1F. The highest BCUT2D eigenvalue weighted by Crippen LogP contribution is 2.41. The van der Waals surface area contributed by atoms with Crippen molar-refractivity contribution in [3.8, 4) is 0 Å². The Morgan fingerprint density at radius 1 is 1.22 bits per heavy atom. The minimum Gasteiger partial charge on any atom is -0.307 e. The van der Waals surface area contributed by atoms with E-state index in [1.807, 2.05) is 56.3 Å². The van der Waals surface area contributed by atoms with Crippen molar-refractivity contribution in [3.05, 3.63) is 75.6 Å². The lowest BCUT2D eigenvalue weighted by Gasteiger charge is -2.37. The summed E-state index contributed by atoms with van der Waals surface area (Å²) in [6.45, 7) is 3.73. The number of hydrogen-bond acceptors (Lipinski definition) is 4. The van der Waals surface area contributed by atoms with E-state index in [4.69, 9.17) is 0 Å². The van der Waals surface area contributed by atoms with Crippen molar-refractivity contribution in [2.45, 2.75) is 38.1 Å². The van der Waals surface area contributed by atoms with Crippen LogP contribution in [-0.4, -0.2) is 35.7 Å². The first-order chi connectivity index (χ1) is 12.7. The largest absolute Gasteiger partial charge is 0.307 e. The molecule has 0 aromatic heterocycles. The molecule has 5 nitrogen and oxygen atoms in total. The Bertz CT molecular complexity index is 823. The predicted molar refractivity (Wildman–Crippen MR) is 103 cm³/mol. The van der Waals surface area contributed by atoms with Gasteiger partial charge in [-0.25, -0.2) is 4.39 Å². The number of Topliss-reactive ketones (excluding diaryl/α,β-unsaturated/α-hetero) is 1. The van der Waals surface area contributed by atoms with Gasteiger partial charge in [-0.1, -0.05) is 37.3 Å². The second kappa shape index (κ2) is 8.39. The van der Waals surface area contributed by atoms with Gasteiger partial charge in [0, 0.05) is 24.1 Å². The molecule has 0 aliphatic carbocycles. The number of rotatable bonds is 8. The van der Waals surface area contributed by atoms with Gasteiger partial charge in [0.1, 0.15) is 11.6 Å². The van der Waals surface area contributed by atoms with Crippen LogP contribution in [0.4, 0.5) is 10.1 Å². The first-order valence-electron chi connectivity index (χ1n) is 8.93. The summed E-state index contributed by atoms with van der Waals surface area (Å²) >= 11 is 0. The summed E-state index contributed by atoms with van der Waals surface area (Å²) in [7, 11) is 3.81. The van der Waals surface area contributed by atoms with Gasteiger partial charge in [0.2, 0.25) is 0 Å². The third-order valence-electron chi connectivity index (χ3n) is 5.17. The number of nitro benzene ring substituents is 1.